The lowest BCUT2D eigenvalue weighted by atomic mass is 10.2. The maximum Gasteiger partial charge on any atom is 0.330 e. The molecule has 122 valence electrons. The SMILES string of the molecule is CCCCC/C=C\C=C\C(=O)OCC.COc1cnccn1. The summed E-state index contributed by atoms with van der Waals surface area (Å²) < 4.78 is 9.47. The predicted molar refractivity (Wildman–Crippen MR) is 87.6 cm³/mol. The van der Waals surface area contributed by atoms with Crippen LogP contribution >= 0.6 is 0 Å². The second-order valence-corrected chi connectivity index (χ2v) is 4.28. The van der Waals surface area contributed by atoms with Gasteiger partial charge in [-0.05, 0) is 19.8 Å². The number of unbranched alkanes of at least 4 members (excludes halogenated alkanes) is 3. The number of hydrogen-bond acceptors (Lipinski definition) is 5. The molecule has 0 aliphatic carbocycles. The average molecular weight is 306 g/mol. The molecule has 0 atom stereocenters. The number of aromatic nitrogens is 2. The zero-order valence-corrected chi connectivity index (χ0v) is 13.7. The van der Waals surface area contributed by atoms with E-state index in [1.54, 1.807) is 38.7 Å². The number of allylic oxidation sites excluding steroid dienone is 3. The molecule has 0 radical (unpaired) electrons. The Kier molecular flexibility index (Phi) is 13.7. The Morgan fingerprint density at radius 3 is 2.59 bits per heavy atom. The van der Waals surface area contributed by atoms with Gasteiger partial charge >= 0.3 is 5.97 Å². The largest absolute Gasteiger partial charge is 0.480 e. The predicted octanol–water partition coefficient (Wildman–Crippen LogP) is 3.73. The average Bonchev–Trinajstić information content (AvgIpc) is 2.55. The number of rotatable bonds is 8. The first-order chi connectivity index (χ1) is 10.7. The van der Waals surface area contributed by atoms with Gasteiger partial charge in [-0.2, -0.15) is 0 Å². The van der Waals surface area contributed by atoms with Gasteiger partial charge in [-0.25, -0.2) is 9.78 Å². The van der Waals surface area contributed by atoms with Crippen LogP contribution < -0.4 is 4.74 Å². The lowest BCUT2D eigenvalue weighted by molar-refractivity contribution is -0.137. The fourth-order valence-electron chi connectivity index (χ4n) is 1.40. The fourth-order valence-corrected chi connectivity index (χ4v) is 1.40. The van der Waals surface area contributed by atoms with Crippen molar-refractivity contribution in [2.75, 3.05) is 13.7 Å². The molecule has 0 aromatic carbocycles. The normalized spacial score (nSPS) is 10.3. The van der Waals surface area contributed by atoms with E-state index in [9.17, 15) is 4.79 Å². The van der Waals surface area contributed by atoms with E-state index in [-0.39, 0.29) is 5.97 Å². The zero-order chi connectivity index (χ0) is 16.5. The van der Waals surface area contributed by atoms with Gasteiger partial charge < -0.3 is 9.47 Å². The molecular weight excluding hydrogens is 280 g/mol. The van der Waals surface area contributed by atoms with E-state index in [2.05, 4.69) is 23.0 Å². The molecular formula is C17H26N2O3. The van der Waals surface area contributed by atoms with Crippen molar-refractivity contribution in [1.82, 2.24) is 9.97 Å². The number of methoxy groups -OCH3 is 1. The lowest BCUT2D eigenvalue weighted by Gasteiger charge is -1.92. The van der Waals surface area contributed by atoms with Crippen LogP contribution in [0.2, 0.25) is 0 Å². The Hall–Kier alpha value is -2.17. The summed E-state index contributed by atoms with van der Waals surface area (Å²) in [6, 6.07) is 0. The summed E-state index contributed by atoms with van der Waals surface area (Å²) in [7, 11) is 1.56. The summed E-state index contributed by atoms with van der Waals surface area (Å²) >= 11 is 0. The van der Waals surface area contributed by atoms with Crippen LogP contribution in [0.25, 0.3) is 0 Å². The number of ether oxygens (including phenoxy) is 2. The summed E-state index contributed by atoms with van der Waals surface area (Å²) in [6.07, 6.45) is 16.7. The highest BCUT2D eigenvalue weighted by Gasteiger charge is 1.89. The standard InChI is InChI=1S/C12H20O2.C5H6N2O/c1-3-5-6-7-8-9-10-11-12(13)14-4-2;1-8-5-4-6-2-3-7-5/h8-11H,3-7H2,1-2H3;2-4H,1H3/b9-8-,11-10+;. The van der Waals surface area contributed by atoms with Crippen molar-refractivity contribution in [2.45, 2.75) is 39.5 Å². The number of esters is 1. The van der Waals surface area contributed by atoms with E-state index in [4.69, 9.17) is 9.47 Å². The first kappa shape index (κ1) is 19.8. The molecule has 0 aliphatic rings. The van der Waals surface area contributed by atoms with E-state index >= 15 is 0 Å². The Bertz CT molecular complexity index is 431. The number of nitrogens with zero attached hydrogens (tertiary/aromatic N) is 2. The first-order valence-corrected chi connectivity index (χ1v) is 7.54. The third-order valence-corrected chi connectivity index (χ3v) is 2.49. The highest BCUT2D eigenvalue weighted by Crippen LogP contribution is 1.99. The summed E-state index contributed by atoms with van der Waals surface area (Å²) in [5.41, 5.74) is 0. The Morgan fingerprint density at radius 1 is 1.23 bits per heavy atom. The molecule has 0 fully saturated rings. The summed E-state index contributed by atoms with van der Waals surface area (Å²) in [5.74, 6) is 0.276. The van der Waals surface area contributed by atoms with Gasteiger partial charge in [0.15, 0.2) is 0 Å². The second kappa shape index (κ2) is 15.2. The van der Waals surface area contributed by atoms with Crippen LogP contribution in [-0.4, -0.2) is 29.7 Å². The second-order valence-electron chi connectivity index (χ2n) is 4.28. The topological polar surface area (TPSA) is 61.3 Å². The molecule has 1 aromatic rings. The van der Waals surface area contributed by atoms with E-state index in [0.717, 1.165) is 6.42 Å². The van der Waals surface area contributed by atoms with Crippen LogP contribution in [0.5, 0.6) is 5.88 Å². The fraction of sp³-hybridized carbons (Fsp3) is 0.471. The van der Waals surface area contributed by atoms with Crippen molar-refractivity contribution < 1.29 is 14.3 Å². The van der Waals surface area contributed by atoms with E-state index in [1.807, 2.05) is 6.08 Å². The van der Waals surface area contributed by atoms with Crippen molar-refractivity contribution in [1.29, 1.82) is 0 Å². The molecule has 0 N–H and O–H groups in total. The van der Waals surface area contributed by atoms with Gasteiger partial charge in [0, 0.05) is 18.5 Å². The van der Waals surface area contributed by atoms with E-state index in [1.165, 1.54) is 25.3 Å². The highest BCUT2D eigenvalue weighted by atomic mass is 16.5. The van der Waals surface area contributed by atoms with Gasteiger partial charge in [0.1, 0.15) is 0 Å². The van der Waals surface area contributed by atoms with Crippen molar-refractivity contribution in [3.63, 3.8) is 0 Å². The minimum atomic E-state index is -0.272. The number of carbonyl (C=O) groups is 1. The van der Waals surface area contributed by atoms with Crippen molar-refractivity contribution >= 4 is 5.97 Å². The Morgan fingerprint density at radius 2 is 2.05 bits per heavy atom. The molecule has 22 heavy (non-hydrogen) atoms. The van der Waals surface area contributed by atoms with Crippen LogP contribution in [-0.2, 0) is 9.53 Å². The van der Waals surface area contributed by atoms with Crippen molar-refractivity contribution in [2.24, 2.45) is 0 Å². The van der Waals surface area contributed by atoms with Gasteiger partial charge in [-0.1, -0.05) is 38.0 Å². The molecule has 1 heterocycles. The monoisotopic (exact) mass is 306 g/mol. The minimum absolute atomic E-state index is 0.272. The molecule has 5 heteroatoms. The van der Waals surface area contributed by atoms with Gasteiger partial charge in [0.05, 0.1) is 19.9 Å². The molecule has 0 amide bonds. The zero-order valence-electron chi connectivity index (χ0n) is 13.7. The van der Waals surface area contributed by atoms with Crippen LogP contribution in [0.1, 0.15) is 39.5 Å². The molecule has 0 spiro atoms. The Labute approximate surface area is 133 Å². The third-order valence-electron chi connectivity index (χ3n) is 2.49. The van der Waals surface area contributed by atoms with Gasteiger partial charge in [-0.3, -0.25) is 4.98 Å². The van der Waals surface area contributed by atoms with Crippen molar-refractivity contribution in [3.8, 4) is 5.88 Å². The van der Waals surface area contributed by atoms with E-state index < -0.39 is 0 Å². The Balaban J connectivity index is 0.000000461. The maximum absolute atomic E-state index is 10.8. The van der Waals surface area contributed by atoms with Crippen LogP contribution in [0.4, 0.5) is 0 Å². The molecule has 0 saturated heterocycles. The highest BCUT2D eigenvalue weighted by molar-refractivity contribution is 5.82. The smallest absolute Gasteiger partial charge is 0.330 e. The molecule has 0 saturated carbocycles. The minimum Gasteiger partial charge on any atom is -0.480 e. The molecule has 1 rings (SSSR count). The van der Waals surface area contributed by atoms with Gasteiger partial charge in [-0.15, -0.1) is 0 Å². The van der Waals surface area contributed by atoms with Crippen LogP contribution in [0, 0.1) is 0 Å². The van der Waals surface area contributed by atoms with Crippen LogP contribution in [0.15, 0.2) is 42.9 Å². The van der Waals surface area contributed by atoms with Crippen molar-refractivity contribution in [3.05, 3.63) is 42.9 Å². The summed E-state index contributed by atoms with van der Waals surface area (Å²) in [6.45, 7) is 4.42. The number of hydrogen-bond donors (Lipinski definition) is 0. The molecule has 0 aliphatic heterocycles. The lowest BCUT2D eigenvalue weighted by Crippen LogP contribution is -1.98. The quantitative estimate of drug-likeness (QED) is 0.317. The van der Waals surface area contributed by atoms with Gasteiger partial charge in [0.25, 0.3) is 0 Å². The summed E-state index contributed by atoms with van der Waals surface area (Å²) in [5, 5.41) is 0. The molecule has 5 nitrogen and oxygen atoms in total. The summed E-state index contributed by atoms with van der Waals surface area (Å²) in [4.78, 5) is 18.4. The molecule has 0 bridgehead atoms. The first-order valence-electron chi connectivity index (χ1n) is 7.54. The third kappa shape index (κ3) is 12.8. The molecule has 1 aromatic heterocycles. The van der Waals surface area contributed by atoms with Gasteiger partial charge in [0.2, 0.25) is 5.88 Å². The number of carbonyl (C=O) groups excluding carboxylic acids is 1. The molecule has 0 unspecified atom stereocenters. The van der Waals surface area contributed by atoms with Crippen LogP contribution in [0.3, 0.4) is 0 Å². The van der Waals surface area contributed by atoms with E-state index in [0.29, 0.717) is 12.5 Å². The maximum atomic E-state index is 10.8.